The molecule has 148 valence electrons. The number of hydrogen-bond donors (Lipinski definition) is 1. The predicted molar refractivity (Wildman–Crippen MR) is 107 cm³/mol. The molecule has 6 nitrogen and oxygen atoms in total. The Labute approximate surface area is 163 Å². The monoisotopic (exact) mass is 403 g/mol. The molecule has 1 aliphatic heterocycles. The van der Waals surface area contributed by atoms with Crippen molar-refractivity contribution < 1.29 is 13.2 Å². The average Bonchev–Trinajstić information content (AvgIpc) is 2.62. The lowest BCUT2D eigenvalue weighted by atomic mass is 10.0. The van der Waals surface area contributed by atoms with Crippen LogP contribution in [0.15, 0.2) is 23.1 Å². The molecule has 0 atom stereocenters. The highest BCUT2D eigenvalue weighted by molar-refractivity contribution is 7.89. The summed E-state index contributed by atoms with van der Waals surface area (Å²) < 4.78 is 27.1. The Balaban J connectivity index is 0.00000338. The summed E-state index contributed by atoms with van der Waals surface area (Å²) in [6.07, 6.45) is 1.83. The molecular weight excluding hydrogens is 374 g/mol. The molecule has 0 radical (unpaired) electrons. The first-order chi connectivity index (χ1) is 11.8. The zero-order valence-electron chi connectivity index (χ0n) is 16.0. The number of benzene rings is 1. The molecule has 2 rings (SSSR count). The van der Waals surface area contributed by atoms with Crippen LogP contribution in [0, 0.1) is 6.92 Å². The van der Waals surface area contributed by atoms with Crippen molar-refractivity contribution in [2.24, 2.45) is 0 Å². The third-order valence-corrected chi connectivity index (χ3v) is 7.13. The number of aryl methyl sites for hydroxylation is 1. The second-order valence-electron chi connectivity index (χ2n) is 6.47. The van der Waals surface area contributed by atoms with Gasteiger partial charge < -0.3 is 10.2 Å². The lowest BCUT2D eigenvalue weighted by molar-refractivity contribution is 0.0703. The third kappa shape index (κ3) is 4.76. The lowest BCUT2D eigenvalue weighted by Crippen LogP contribution is -2.44. The Bertz CT molecular complexity index is 714. The minimum Gasteiger partial charge on any atom is -0.339 e. The number of amides is 1. The van der Waals surface area contributed by atoms with Gasteiger partial charge in [0.25, 0.3) is 5.91 Å². The van der Waals surface area contributed by atoms with E-state index in [9.17, 15) is 13.2 Å². The molecule has 0 aromatic heterocycles. The first-order valence-electron chi connectivity index (χ1n) is 8.91. The maximum absolute atomic E-state index is 12.9. The van der Waals surface area contributed by atoms with Crippen molar-refractivity contribution >= 4 is 28.3 Å². The van der Waals surface area contributed by atoms with Crippen molar-refractivity contribution in [3.8, 4) is 0 Å². The molecule has 1 aliphatic rings. The van der Waals surface area contributed by atoms with E-state index in [2.05, 4.69) is 5.32 Å². The van der Waals surface area contributed by atoms with E-state index in [0.717, 1.165) is 25.9 Å². The molecule has 0 aliphatic carbocycles. The van der Waals surface area contributed by atoms with Gasteiger partial charge in [-0.3, -0.25) is 4.79 Å². The minimum absolute atomic E-state index is 0. The number of rotatable bonds is 6. The van der Waals surface area contributed by atoms with E-state index in [1.54, 1.807) is 31.0 Å². The number of hydrogen-bond acceptors (Lipinski definition) is 4. The highest BCUT2D eigenvalue weighted by Gasteiger charge is 2.27. The number of piperidine rings is 1. The van der Waals surface area contributed by atoms with E-state index in [1.165, 1.54) is 10.4 Å². The molecule has 1 saturated heterocycles. The Morgan fingerprint density at radius 1 is 1.19 bits per heavy atom. The average molecular weight is 404 g/mol. The standard InChI is InChI=1S/C18H29N3O3S.ClH/c1-5-21(6-2)25(23,24)17-13-15(8-7-14(17)3)18(22)20(4)16-9-11-19-12-10-16;/h7-8,13,16,19H,5-6,9-12H2,1-4H3;1H. The van der Waals surface area contributed by atoms with Gasteiger partial charge in [-0.1, -0.05) is 19.9 Å². The highest BCUT2D eigenvalue weighted by Crippen LogP contribution is 2.23. The molecule has 0 saturated carbocycles. The number of nitrogens with one attached hydrogen (secondary N) is 1. The fraction of sp³-hybridized carbons (Fsp3) is 0.611. The smallest absolute Gasteiger partial charge is 0.253 e. The number of nitrogens with zero attached hydrogens (tertiary/aromatic N) is 2. The number of carbonyl (C=O) groups excluding carboxylic acids is 1. The molecule has 1 N–H and O–H groups in total. The van der Waals surface area contributed by atoms with Crippen molar-refractivity contribution in [3.05, 3.63) is 29.3 Å². The molecule has 1 heterocycles. The fourth-order valence-electron chi connectivity index (χ4n) is 3.28. The summed E-state index contributed by atoms with van der Waals surface area (Å²) >= 11 is 0. The molecule has 26 heavy (non-hydrogen) atoms. The van der Waals surface area contributed by atoms with Gasteiger partial charge in [-0.15, -0.1) is 12.4 Å². The van der Waals surface area contributed by atoms with Gasteiger partial charge in [0, 0.05) is 31.7 Å². The van der Waals surface area contributed by atoms with E-state index in [4.69, 9.17) is 0 Å². The van der Waals surface area contributed by atoms with Gasteiger partial charge in [0.1, 0.15) is 0 Å². The Morgan fingerprint density at radius 3 is 2.31 bits per heavy atom. The van der Waals surface area contributed by atoms with Crippen LogP contribution >= 0.6 is 12.4 Å². The van der Waals surface area contributed by atoms with Crippen LogP contribution in [0.25, 0.3) is 0 Å². The summed E-state index contributed by atoms with van der Waals surface area (Å²) in [5.41, 5.74) is 1.09. The van der Waals surface area contributed by atoms with Crippen LogP contribution < -0.4 is 5.32 Å². The quantitative estimate of drug-likeness (QED) is 0.791. The number of sulfonamides is 1. The lowest BCUT2D eigenvalue weighted by Gasteiger charge is -2.32. The van der Waals surface area contributed by atoms with E-state index < -0.39 is 10.0 Å². The molecular formula is C18H30ClN3O3S. The fourth-order valence-corrected chi connectivity index (χ4v) is 4.99. The van der Waals surface area contributed by atoms with Crippen molar-refractivity contribution in [2.45, 2.75) is 44.6 Å². The van der Waals surface area contributed by atoms with Gasteiger partial charge in [-0.25, -0.2) is 8.42 Å². The summed E-state index contributed by atoms with van der Waals surface area (Å²) in [4.78, 5) is 14.8. The van der Waals surface area contributed by atoms with Crippen molar-refractivity contribution in [2.75, 3.05) is 33.2 Å². The minimum atomic E-state index is -3.59. The molecule has 1 fully saturated rings. The number of halogens is 1. The Kier molecular flexibility index (Phi) is 8.53. The first kappa shape index (κ1) is 22.9. The summed E-state index contributed by atoms with van der Waals surface area (Å²) in [7, 11) is -1.78. The first-order valence-corrected chi connectivity index (χ1v) is 10.4. The van der Waals surface area contributed by atoms with Crippen LogP contribution in [0.1, 0.15) is 42.6 Å². The molecule has 1 aromatic rings. The van der Waals surface area contributed by atoms with Crippen LogP contribution in [0.5, 0.6) is 0 Å². The summed E-state index contributed by atoms with van der Waals surface area (Å²) in [6, 6.07) is 5.16. The van der Waals surface area contributed by atoms with Gasteiger partial charge in [-0.2, -0.15) is 4.31 Å². The van der Waals surface area contributed by atoms with Crippen molar-refractivity contribution in [3.63, 3.8) is 0 Å². The molecule has 0 unspecified atom stereocenters. The van der Waals surface area contributed by atoms with Crippen LogP contribution in [0.4, 0.5) is 0 Å². The summed E-state index contributed by atoms with van der Waals surface area (Å²) in [5.74, 6) is -0.122. The molecule has 0 spiro atoms. The van der Waals surface area contributed by atoms with Crippen LogP contribution in [0.3, 0.4) is 0 Å². The van der Waals surface area contributed by atoms with Gasteiger partial charge >= 0.3 is 0 Å². The Morgan fingerprint density at radius 2 is 1.77 bits per heavy atom. The third-order valence-electron chi connectivity index (χ3n) is 4.94. The number of carbonyl (C=O) groups is 1. The van der Waals surface area contributed by atoms with E-state index >= 15 is 0 Å². The van der Waals surface area contributed by atoms with E-state index in [-0.39, 0.29) is 29.3 Å². The SMILES string of the molecule is CCN(CC)S(=O)(=O)c1cc(C(=O)N(C)C2CCNCC2)ccc1C.Cl. The van der Waals surface area contributed by atoms with E-state index in [0.29, 0.717) is 24.2 Å². The largest absolute Gasteiger partial charge is 0.339 e. The van der Waals surface area contributed by atoms with Gasteiger partial charge in [-0.05, 0) is 50.6 Å². The summed E-state index contributed by atoms with van der Waals surface area (Å²) in [6.45, 7) is 8.01. The van der Waals surface area contributed by atoms with Gasteiger partial charge in [0.2, 0.25) is 10.0 Å². The summed E-state index contributed by atoms with van der Waals surface area (Å²) in [5, 5.41) is 3.29. The highest BCUT2D eigenvalue weighted by atomic mass is 35.5. The van der Waals surface area contributed by atoms with Crippen molar-refractivity contribution in [1.82, 2.24) is 14.5 Å². The van der Waals surface area contributed by atoms with Gasteiger partial charge in [0.05, 0.1) is 4.90 Å². The van der Waals surface area contributed by atoms with Crippen LogP contribution in [-0.4, -0.2) is 62.8 Å². The molecule has 1 amide bonds. The molecule has 8 heteroatoms. The normalized spacial score (nSPS) is 15.6. The van der Waals surface area contributed by atoms with Crippen molar-refractivity contribution in [1.29, 1.82) is 0 Å². The topological polar surface area (TPSA) is 69.7 Å². The Hall–Kier alpha value is -1.15. The zero-order chi connectivity index (χ0) is 18.6. The maximum atomic E-state index is 12.9. The van der Waals surface area contributed by atoms with Crippen LogP contribution in [-0.2, 0) is 10.0 Å². The second kappa shape index (κ2) is 9.69. The van der Waals surface area contributed by atoms with E-state index in [1.807, 2.05) is 13.8 Å². The predicted octanol–water partition coefficient (Wildman–Crippen LogP) is 2.27. The van der Waals surface area contributed by atoms with Gasteiger partial charge in [0.15, 0.2) is 0 Å². The molecule has 0 bridgehead atoms. The zero-order valence-corrected chi connectivity index (χ0v) is 17.6. The maximum Gasteiger partial charge on any atom is 0.253 e. The van der Waals surface area contributed by atoms with Crippen LogP contribution in [0.2, 0.25) is 0 Å². The molecule has 1 aromatic carbocycles. The second-order valence-corrected chi connectivity index (χ2v) is 8.37.